The van der Waals surface area contributed by atoms with Crippen molar-refractivity contribution in [1.29, 1.82) is 0 Å². The number of thioether (sulfide) groups is 1. The summed E-state index contributed by atoms with van der Waals surface area (Å²) in [6.45, 7) is 0.871. The molecule has 1 heterocycles. The maximum absolute atomic E-state index is 5.12. The van der Waals surface area contributed by atoms with E-state index in [1.54, 1.807) is 24.2 Å². The SMILES string of the molecule is Brc1ccccc1NCCSc1ncco1. The summed E-state index contributed by atoms with van der Waals surface area (Å²) in [6.07, 6.45) is 3.24. The van der Waals surface area contributed by atoms with Crippen molar-refractivity contribution in [2.75, 3.05) is 17.6 Å². The van der Waals surface area contributed by atoms with E-state index in [1.807, 2.05) is 24.3 Å². The Morgan fingerprint density at radius 3 is 3.00 bits per heavy atom. The quantitative estimate of drug-likeness (QED) is 0.675. The average Bonchev–Trinajstić information content (AvgIpc) is 2.79. The number of halogens is 1. The maximum atomic E-state index is 5.12. The van der Waals surface area contributed by atoms with Crippen LogP contribution in [0, 0.1) is 0 Å². The van der Waals surface area contributed by atoms with Crippen molar-refractivity contribution in [2.45, 2.75) is 5.22 Å². The van der Waals surface area contributed by atoms with Crippen molar-refractivity contribution >= 4 is 33.4 Å². The van der Waals surface area contributed by atoms with Crippen molar-refractivity contribution in [3.8, 4) is 0 Å². The van der Waals surface area contributed by atoms with E-state index in [1.165, 1.54) is 0 Å². The van der Waals surface area contributed by atoms with Gasteiger partial charge in [0.25, 0.3) is 5.22 Å². The van der Waals surface area contributed by atoms with Crippen molar-refractivity contribution in [3.05, 3.63) is 41.2 Å². The predicted molar refractivity (Wildman–Crippen MR) is 69.9 cm³/mol. The highest BCUT2D eigenvalue weighted by atomic mass is 79.9. The molecule has 0 saturated heterocycles. The molecule has 0 fully saturated rings. The van der Waals surface area contributed by atoms with E-state index in [4.69, 9.17) is 4.42 Å². The molecule has 0 aliphatic rings. The number of para-hydroxylation sites is 1. The Balaban J connectivity index is 1.74. The number of nitrogens with zero attached hydrogens (tertiary/aromatic N) is 1. The first-order valence-corrected chi connectivity index (χ1v) is 6.65. The second kappa shape index (κ2) is 5.96. The Kier molecular flexibility index (Phi) is 4.30. The first-order chi connectivity index (χ1) is 7.86. The molecule has 84 valence electrons. The Morgan fingerprint density at radius 2 is 2.25 bits per heavy atom. The molecule has 0 bridgehead atoms. The summed E-state index contributed by atoms with van der Waals surface area (Å²) in [7, 11) is 0. The van der Waals surface area contributed by atoms with Gasteiger partial charge in [0, 0.05) is 22.5 Å². The Hall–Kier alpha value is -0.940. The summed E-state index contributed by atoms with van der Waals surface area (Å²) in [4.78, 5) is 4.04. The number of rotatable bonds is 5. The van der Waals surface area contributed by atoms with E-state index in [0.717, 1.165) is 22.5 Å². The van der Waals surface area contributed by atoms with Gasteiger partial charge in [-0.05, 0) is 28.1 Å². The predicted octanol–water partition coefficient (Wildman–Crippen LogP) is 3.64. The number of hydrogen-bond donors (Lipinski definition) is 1. The first-order valence-electron chi connectivity index (χ1n) is 4.87. The number of nitrogens with one attached hydrogen (secondary N) is 1. The van der Waals surface area contributed by atoms with E-state index >= 15 is 0 Å². The normalized spacial score (nSPS) is 10.3. The zero-order chi connectivity index (χ0) is 11.2. The molecule has 2 rings (SSSR count). The molecule has 0 radical (unpaired) electrons. The number of benzene rings is 1. The Morgan fingerprint density at radius 1 is 1.38 bits per heavy atom. The fourth-order valence-corrected chi connectivity index (χ4v) is 2.27. The van der Waals surface area contributed by atoms with Crippen LogP contribution in [-0.4, -0.2) is 17.3 Å². The summed E-state index contributed by atoms with van der Waals surface area (Å²) >= 11 is 5.08. The van der Waals surface area contributed by atoms with Gasteiger partial charge in [0.1, 0.15) is 6.26 Å². The molecular weight excluding hydrogens is 288 g/mol. The lowest BCUT2D eigenvalue weighted by Crippen LogP contribution is -2.04. The Labute approximate surface area is 107 Å². The smallest absolute Gasteiger partial charge is 0.255 e. The third-order valence-corrected chi connectivity index (χ3v) is 3.47. The third-order valence-electron chi connectivity index (χ3n) is 1.93. The molecule has 1 aromatic carbocycles. The molecular formula is C11H11BrN2OS. The van der Waals surface area contributed by atoms with Gasteiger partial charge in [-0.2, -0.15) is 0 Å². The van der Waals surface area contributed by atoms with Crippen LogP contribution in [0.25, 0.3) is 0 Å². The number of anilines is 1. The minimum atomic E-state index is 0.717. The first kappa shape index (κ1) is 11.5. The summed E-state index contributed by atoms with van der Waals surface area (Å²) in [5.74, 6) is 0.918. The van der Waals surface area contributed by atoms with Crippen molar-refractivity contribution in [3.63, 3.8) is 0 Å². The molecule has 16 heavy (non-hydrogen) atoms. The third kappa shape index (κ3) is 3.28. The monoisotopic (exact) mass is 298 g/mol. The van der Waals surface area contributed by atoms with Crippen molar-refractivity contribution in [2.24, 2.45) is 0 Å². The lowest BCUT2D eigenvalue weighted by atomic mass is 10.3. The molecule has 0 atom stereocenters. The van der Waals surface area contributed by atoms with E-state index in [0.29, 0.717) is 5.22 Å². The maximum Gasteiger partial charge on any atom is 0.255 e. The summed E-state index contributed by atoms with van der Waals surface area (Å²) in [6, 6.07) is 8.06. The van der Waals surface area contributed by atoms with Gasteiger partial charge in [-0.3, -0.25) is 0 Å². The molecule has 0 spiro atoms. The van der Waals surface area contributed by atoms with Gasteiger partial charge in [-0.1, -0.05) is 23.9 Å². The topological polar surface area (TPSA) is 38.1 Å². The van der Waals surface area contributed by atoms with Crippen LogP contribution in [0.3, 0.4) is 0 Å². The zero-order valence-electron chi connectivity index (χ0n) is 8.52. The number of aromatic nitrogens is 1. The molecule has 0 aliphatic heterocycles. The number of oxazole rings is 1. The fraction of sp³-hybridized carbons (Fsp3) is 0.182. The van der Waals surface area contributed by atoms with Crippen LogP contribution < -0.4 is 5.32 Å². The molecule has 1 aromatic heterocycles. The number of hydrogen-bond acceptors (Lipinski definition) is 4. The Bertz CT molecular complexity index is 433. The van der Waals surface area contributed by atoms with Crippen LogP contribution in [0.5, 0.6) is 0 Å². The van der Waals surface area contributed by atoms with Crippen LogP contribution in [-0.2, 0) is 0 Å². The largest absolute Gasteiger partial charge is 0.440 e. The molecule has 0 aliphatic carbocycles. The molecule has 5 heteroatoms. The second-order valence-electron chi connectivity index (χ2n) is 3.05. The molecule has 1 N–H and O–H groups in total. The zero-order valence-corrected chi connectivity index (χ0v) is 10.9. The van der Waals surface area contributed by atoms with Crippen molar-refractivity contribution < 1.29 is 4.42 Å². The molecule has 2 aromatic rings. The van der Waals surface area contributed by atoms with Gasteiger partial charge in [-0.25, -0.2) is 4.98 Å². The molecule has 3 nitrogen and oxygen atoms in total. The summed E-state index contributed by atoms with van der Waals surface area (Å²) in [5, 5.41) is 4.05. The van der Waals surface area contributed by atoms with E-state index in [9.17, 15) is 0 Å². The lowest BCUT2D eigenvalue weighted by Gasteiger charge is -2.06. The fourth-order valence-electron chi connectivity index (χ4n) is 1.21. The van der Waals surface area contributed by atoms with Crippen LogP contribution in [0.4, 0.5) is 5.69 Å². The average molecular weight is 299 g/mol. The van der Waals surface area contributed by atoms with E-state index in [2.05, 4.69) is 26.2 Å². The highest BCUT2D eigenvalue weighted by Gasteiger charge is 1.99. The summed E-state index contributed by atoms with van der Waals surface area (Å²) in [5.41, 5.74) is 1.11. The van der Waals surface area contributed by atoms with E-state index < -0.39 is 0 Å². The lowest BCUT2D eigenvalue weighted by molar-refractivity contribution is 0.454. The van der Waals surface area contributed by atoms with Crippen LogP contribution in [0.2, 0.25) is 0 Å². The summed E-state index contributed by atoms with van der Waals surface area (Å²) < 4.78 is 6.20. The highest BCUT2D eigenvalue weighted by Crippen LogP contribution is 2.21. The highest BCUT2D eigenvalue weighted by molar-refractivity contribution is 9.10. The van der Waals surface area contributed by atoms with Crippen molar-refractivity contribution in [1.82, 2.24) is 4.98 Å². The minimum absolute atomic E-state index is 0.717. The molecule has 0 amide bonds. The standard InChI is InChI=1S/C11H11BrN2OS/c12-9-3-1-2-4-10(9)13-6-8-16-11-14-5-7-15-11/h1-5,7,13H,6,8H2. The van der Waals surface area contributed by atoms with Crippen LogP contribution in [0.15, 0.2) is 50.8 Å². The van der Waals surface area contributed by atoms with E-state index in [-0.39, 0.29) is 0 Å². The van der Waals surface area contributed by atoms with Crippen LogP contribution >= 0.6 is 27.7 Å². The minimum Gasteiger partial charge on any atom is -0.440 e. The van der Waals surface area contributed by atoms with Gasteiger partial charge >= 0.3 is 0 Å². The van der Waals surface area contributed by atoms with Gasteiger partial charge < -0.3 is 9.73 Å². The van der Waals surface area contributed by atoms with Crippen LogP contribution in [0.1, 0.15) is 0 Å². The van der Waals surface area contributed by atoms with Gasteiger partial charge in [0.15, 0.2) is 0 Å². The molecule has 0 unspecified atom stereocenters. The molecule has 0 saturated carbocycles. The van der Waals surface area contributed by atoms with Gasteiger partial charge in [-0.15, -0.1) is 0 Å². The van der Waals surface area contributed by atoms with Gasteiger partial charge in [0.05, 0.1) is 6.20 Å². The van der Waals surface area contributed by atoms with Gasteiger partial charge in [0.2, 0.25) is 0 Å². The second-order valence-corrected chi connectivity index (χ2v) is 4.95.